The summed E-state index contributed by atoms with van der Waals surface area (Å²) < 4.78 is 0.650. The Hall–Kier alpha value is -1.95. The van der Waals surface area contributed by atoms with Gasteiger partial charge in [-0.15, -0.1) is 0 Å². The summed E-state index contributed by atoms with van der Waals surface area (Å²) in [7, 11) is 0. The number of halogens is 1. The lowest BCUT2D eigenvalue weighted by Crippen LogP contribution is -1.80. The van der Waals surface area contributed by atoms with Gasteiger partial charge in [0.15, 0.2) is 5.65 Å². The standard InChI is InChI=1S/C11H7BrN4O/c12-7-2-1-6(3-9(7)17)10-15-8-4-13-5-14-11(8)16-10/h1-5,17H,(H,13,14,15,16). The molecule has 0 spiro atoms. The second-order valence-electron chi connectivity index (χ2n) is 3.51. The minimum Gasteiger partial charge on any atom is -0.507 e. The lowest BCUT2D eigenvalue weighted by Gasteiger charge is -1.99. The van der Waals surface area contributed by atoms with E-state index in [-0.39, 0.29) is 5.75 Å². The number of aromatic nitrogens is 4. The number of phenols is 1. The fourth-order valence-corrected chi connectivity index (χ4v) is 1.81. The molecular formula is C11H7BrN4O. The highest BCUT2D eigenvalue weighted by molar-refractivity contribution is 9.10. The van der Waals surface area contributed by atoms with Crippen molar-refractivity contribution in [2.45, 2.75) is 0 Å². The van der Waals surface area contributed by atoms with E-state index in [0.29, 0.717) is 15.9 Å². The molecule has 3 aromatic rings. The third-order valence-corrected chi connectivity index (χ3v) is 3.05. The van der Waals surface area contributed by atoms with Gasteiger partial charge in [-0.2, -0.15) is 0 Å². The predicted octanol–water partition coefficient (Wildman–Crippen LogP) is 2.49. The van der Waals surface area contributed by atoms with Crippen LogP contribution in [0.25, 0.3) is 22.6 Å². The number of phenolic OH excluding ortho intramolecular Hbond substituents is 1. The quantitative estimate of drug-likeness (QED) is 0.722. The van der Waals surface area contributed by atoms with E-state index in [1.807, 2.05) is 6.07 Å². The van der Waals surface area contributed by atoms with Crippen molar-refractivity contribution in [3.05, 3.63) is 35.2 Å². The average Bonchev–Trinajstić information content (AvgIpc) is 2.76. The molecule has 0 unspecified atom stereocenters. The summed E-state index contributed by atoms with van der Waals surface area (Å²) >= 11 is 3.23. The SMILES string of the molecule is Oc1cc(-c2nc3ncncc3[nH]2)ccc1Br. The van der Waals surface area contributed by atoms with Crippen LogP contribution in [-0.4, -0.2) is 25.0 Å². The zero-order valence-corrected chi connectivity index (χ0v) is 10.1. The maximum atomic E-state index is 9.62. The Morgan fingerprint density at radius 2 is 2.18 bits per heavy atom. The number of rotatable bonds is 1. The lowest BCUT2D eigenvalue weighted by atomic mass is 10.2. The van der Waals surface area contributed by atoms with Gasteiger partial charge in [0, 0.05) is 5.56 Å². The number of aromatic hydroxyl groups is 1. The van der Waals surface area contributed by atoms with Crippen LogP contribution in [0.1, 0.15) is 0 Å². The molecule has 2 heterocycles. The number of H-pyrrole nitrogens is 1. The molecular weight excluding hydrogens is 284 g/mol. The van der Waals surface area contributed by atoms with Gasteiger partial charge < -0.3 is 10.1 Å². The summed E-state index contributed by atoms with van der Waals surface area (Å²) in [6.07, 6.45) is 3.11. The summed E-state index contributed by atoms with van der Waals surface area (Å²) in [5.74, 6) is 0.831. The van der Waals surface area contributed by atoms with Gasteiger partial charge in [0.25, 0.3) is 0 Å². The van der Waals surface area contributed by atoms with E-state index in [1.54, 1.807) is 18.3 Å². The lowest BCUT2D eigenvalue weighted by molar-refractivity contribution is 0.472. The maximum Gasteiger partial charge on any atom is 0.181 e. The number of imidazole rings is 1. The van der Waals surface area contributed by atoms with Gasteiger partial charge in [0.05, 0.1) is 10.7 Å². The number of fused-ring (bicyclic) bond motifs is 1. The van der Waals surface area contributed by atoms with E-state index in [2.05, 4.69) is 35.9 Å². The first-order valence-electron chi connectivity index (χ1n) is 4.88. The Bertz CT molecular complexity index is 662. The number of hydrogen-bond donors (Lipinski definition) is 2. The van der Waals surface area contributed by atoms with Crippen molar-refractivity contribution >= 4 is 27.1 Å². The van der Waals surface area contributed by atoms with Gasteiger partial charge in [-0.25, -0.2) is 15.0 Å². The van der Waals surface area contributed by atoms with Crippen molar-refractivity contribution in [2.24, 2.45) is 0 Å². The van der Waals surface area contributed by atoms with Gasteiger partial charge >= 0.3 is 0 Å². The smallest absolute Gasteiger partial charge is 0.181 e. The van der Waals surface area contributed by atoms with Crippen molar-refractivity contribution in [2.75, 3.05) is 0 Å². The molecule has 3 rings (SSSR count). The molecule has 0 aliphatic carbocycles. The van der Waals surface area contributed by atoms with Crippen LogP contribution in [0.4, 0.5) is 0 Å². The van der Waals surface area contributed by atoms with Crippen LogP contribution in [0.15, 0.2) is 35.2 Å². The normalized spacial score (nSPS) is 10.9. The molecule has 17 heavy (non-hydrogen) atoms. The monoisotopic (exact) mass is 290 g/mol. The minimum absolute atomic E-state index is 0.175. The van der Waals surface area contributed by atoms with Crippen LogP contribution in [0.2, 0.25) is 0 Å². The van der Waals surface area contributed by atoms with Crippen molar-refractivity contribution in [1.82, 2.24) is 19.9 Å². The Balaban J connectivity index is 2.17. The summed E-state index contributed by atoms with van der Waals surface area (Å²) in [6, 6.07) is 5.26. The van der Waals surface area contributed by atoms with E-state index in [0.717, 1.165) is 11.1 Å². The fourth-order valence-electron chi connectivity index (χ4n) is 1.56. The molecule has 0 radical (unpaired) electrons. The summed E-state index contributed by atoms with van der Waals surface area (Å²) in [6.45, 7) is 0. The number of nitrogens with zero attached hydrogens (tertiary/aromatic N) is 3. The summed E-state index contributed by atoms with van der Waals surface area (Å²) in [5.41, 5.74) is 2.17. The molecule has 6 heteroatoms. The number of nitrogens with one attached hydrogen (secondary N) is 1. The van der Waals surface area contributed by atoms with Gasteiger partial charge in [-0.1, -0.05) is 0 Å². The molecule has 0 saturated heterocycles. The van der Waals surface area contributed by atoms with Gasteiger partial charge in [-0.05, 0) is 34.1 Å². The fraction of sp³-hybridized carbons (Fsp3) is 0. The second-order valence-corrected chi connectivity index (χ2v) is 4.37. The molecule has 0 amide bonds. The van der Waals surface area contributed by atoms with E-state index < -0.39 is 0 Å². The van der Waals surface area contributed by atoms with E-state index in [1.165, 1.54) is 6.33 Å². The van der Waals surface area contributed by atoms with Gasteiger partial charge in [0.1, 0.15) is 23.4 Å². The van der Waals surface area contributed by atoms with E-state index in [4.69, 9.17) is 0 Å². The molecule has 5 nitrogen and oxygen atoms in total. The highest BCUT2D eigenvalue weighted by Gasteiger charge is 2.07. The zero-order chi connectivity index (χ0) is 11.8. The third-order valence-electron chi connectivity index (χ3n) is 2.38. The Kier molecular flexibility index (Phi) is 2.29. The van der Waals surface area contributed by atoms with Crippen molar-refractivity contribution in [3.8, 4) is 17.1 Å². The molecule has 0 aliphatic rings. The predicted molar refractivity (Wildman–Crippen MR) is 66.5 cm³/mol. The Morgan fingerprint density at radius 3 is 2.94 bits per heavy atom. The molecule has 2 N–H and O–H groups in total. The molecule has 84 valence electrons. The van der Waals surface area contributed by atoms with E-state index in [9.17, 15) is 5.11 Å². The van der Waals surface area contributed by atoms with Crippen LogP contribution in [0, 0.1) is 0 Å². The average molecular weight is 291 g/mol. The Morgan fingerprint density at radius 1 is 1.29 bits per heavy atom. The first-order chi connectivity index (χ1) is 8.24. The van der Waals surface area contributed by atoms with Crippen LogP contribution in [0.3, 0.4) is 0 Å². The van der Waals surface area contributed by atoms with Crippen LogP contribution < -0.4 is 0 Å². The maximum absolute atomic E-state index is 9.62. The molecule has 2 aromatic heterocycles. The zero-order valence-electron chi connectivity index (χ0n) is 8.55. The molecule has 0 saturated carbocycles. The van der Waals surface area contributed by atoms with Crippen molar-refractivity contribution < 1.29 is 5.11 Å². The van der Waals surface area contributed by atoms with Crippen molar-refractivity contribution in [1.29, 1.82) is 0 Å². The third kappa shape index (κ3) is 1.76. The van der Waals surface area contributed by atoms with Crippen molar-refractivity contribution in [3.63, 3.8) is 0 Å². The van der Waals surface area contributed by atoms with Crippen LogP contribution in [-0.2, 0) is 0 Å². The molecule has 1 aromatic carbocycles. The van der Waals surface area contributed by atoms with Crippen LogP contribution in [0.5, 0.6) is 5.75 Å². The van der Waals surface area contributed by atoms with Crippen LogP contribution >= 0.6 is 15.9 Å². The second kappa shape index (κ2) is 3.81. The molecule has 0 atom stereocenters. The van der Waals surface area contributed by atoms with Gasteiger partial charge in [-0.3, -0.25) is 0 Å². The summed E-state index contributed by atoms with van der Waals surface area (Å²) in [5, 5.41) is 9.62. The summed E-state index contributed by atoms with van der Waals surface area (Å²) in [4.78, 5) is 15.4. The highest BCUT2D eigenvalue weighted by Crippen LogP contribution is 2.29. The number of aromatic amines is 1. The largest absolute Gasteiger partial charge is 0.507 e. The first kappa shape index (κ1) is 10.2. The van der Waals surface area contributed by atoms with E-state index >= 15 is 0 Å². The van der Waals surface area contributed by atoms with Gasteiger partial charge in [0.2, 0.25) is 0 Å². The molecule has 0 fully saturated rings. The molecule has 0 bridgehead atoms. The number of hydrogen-bond acceptors (Lipinski definition) is 4. The number of benzene rings is 1. The molecule has 0 aliphatic heterocycles. The first-order valence-corrected chi connectivity index (χ1v) is 5.68. The Labute approximate surface area is 105 Å². The topological polar surface area (TPSA) is 74.7 Å². The highest BCUT2D eigenvalue weighted by atomic mass is 79.9. The minimum atomic E-state index is 0.175.